The number of carbonyl (C=O) groups is 3. The highest BCUT2D eigenvalue weighted by Crippen LogP contribution is 2.16. The summed E-state index contributed by atoms with van der Waals surface area (Å²) in [5.74, 6) is -1.19. The van der Waals surface area contributed by atoms with Gasteiger partial charge >= 0.3 is 5.97 Å². The Morgan fingerprint density at radius 2 is 1.44 bits per heavy atom. The van der Waals surface area contributed by atoms with Crippen molar-refractivity contribution in [3.05, 3.63) is 0 Å². The zero-order valence-corrected chi connectivity index (χ0v) is 17.6. The lowest BCUT2D eigenvalue weighted by molar-refractivity contribution is -0.142. The third-order valence-electron chi connectivity index (χ3n) is 4.84. The highest BCUT2D eigenvalue weighted by Gasteiger charge is 2.22. The molecule has 0 heterocycles. The summed E-state index contributed by atoms with van der Waals surface area (Å²) >= 11 is 0. The largest absolute Gasteiger partial charge is 0.481 e. The van der Waals surface area contributed by atoms with Gasteiger partial charge in [-0.15, -0.1) is 0 Å². The average Bonchev–Trinajstić information content (AvgIpc) is 2.57. The molecule has 7 heteroatoms. The van der Waals surface area contributed by atoms with Crippen molar-refractivity contribution < 1.29 is 19.5 Å². The number of nitrogens with two attached hydrogens (primary N) is 1. The molecule has 27 heavy (non-hydrogen) atoms. The van der Waals surface area contributed by atoms with Crippen molar-refractivity contribution >= 4 is 17.8 Å². The molecule has 0 spiro atoms. The number of carbonyl (C=O) groups excluding carboxylic acids is 2. The Balaban J connectivity index is 4.21. The molecule has 0 aliphatic carbocycles. The molecule has 0 unspecified atom stereocenters. The summed E-state index contributed by atoms with van der Waals surface area (Å²) in [6.07, 6.45) is 2.23. The van der Waals surface area contributed by atoms with Gasteiger partial charge in [0.1, 0.15) is 0 Å². The van der Waals surface area contributed by atoms with Gasteiger partial charge in [-0.2, -0.15) is 0 Å². The first kappa shape index (κ1) is 25.4. The maximum atomic E-state index is 12.2. The summed E-state index contributed by atoms with van der Waals surface area (Å²) in [7, 11) is 0. The summed E-state index contributed by atoms with van der Waals surface area (Å²) in [5, 5.41) is 14.9. The second-order valence-electron chi connectivity index (χ2n) is 8.15. The molecule has 0 aliphatic rings. The Morgan fingerprint density at radius 3 is 1.93 bits per heavy atom. The number of amides is 2. The molecular formula is C20H39N3O4. The molecule has 0 aromatic carbocycles. The summed E-state index contributed by atoms with van der Waals surface area (Å²) < 4.78 is 0. The molecule has 158 valence electrons. The van der Waals surface area contributed by atoms with E-state index in [1.54, 1.807) is 0 Å². The lowest BCUT2D eigenvalue weighted by Gasteiger charge is -2.20. The zero-order valence-electron chi connectivity index (χ0n) is 17.6. The molecule has 0 fully saturated rings. The van der Waals surface area contributed by atoms with E-state index in [1.165, 1.54) is 0 Å². The molecular weight excluding hydrogens is 346 g/mol. The molecule has 3 atom stereocenters. The Labute approximate surface area is 163 Å². The van der Waals surface area contributed by atoms with Crippen LogP contribution in [0.2, 0.25) is 0 Å². The van der Waals surface area contributed by atoms with Crippen molar-refractivity contribution in [1.82, 2.24) is 10.6 Å². The third kappa shape index (κ3) is 11.0. The van der Waals surface area contributed by atoms with Crippen LogP contribution in [0.4, 0.5) is 0 Å². The lowest BCUT2D eigenvalue weighted by Crippen LogP contribution is -2.37. The normalized spacial score (nSPS) is 14.7. The molecule has 0 radical (unpaired) electrons. The summed E-state index contributed by atoms with van der Waals surface area (Å²) in [4.78, 5) is 35.6. The van der Waals surface area contributed by atoms with E-state index in [-0.39, 0.29) is 29.6 Å². The Hall–Kier alpha value is -1.63. The smallest absolute Gasteiger partial charge is 0.306 e. The number of nitrogens with one attached hydrogen (secondary N) is 2. The quantitative estimate of drug-likeness (QED) is 0.364. The number of rotatable bonds is 14. The van der Waals surface area contributed by atoms with Crippen LogP contribution in [0, 0.1) is 29.6 Å². The maximum Gasteiger partial charge on any atom is 0.306 e. The maximum absolute atomic E-state index is 12.2. The molecule has 0 aromatic rings. The summed E-state index contributed by atoms with van der Waals surface area (Å²) in [6, 6.07) is 0. The molecule has 5 N–H and O–H groups in total. The van der Waals surface area contributed by atoms with Gasteiger partial charge in [0, 0.05) is 24.9 Å². The topological polar surface area (TPSA) is 122 Å². The van der Waals surface area contributed by atoms with Crippen LogP contribution in [0.3, 0.4) is 0 Å². The molecule has 2 amide bonds. The van der Waals surface area contributed by atoms with Crippen LogP contribution < -0.4 is 16.4 Å². The number of hydrogen-bond acceptors (Lipinski definition) is 4. The summed E-state index contributed by atoms with van der Waals surface area (Å²) in [5.41, 5.74) is 5.56. The lowest BCUT2D eigenvalue weighted by atomic mass is 9.91. The second kappa shape index (κ2) is 13.5. The summed E-state index contributed by atoms with van der Waals surface area (Å²) in [6.45, 7) is 11.1. The van der Waals surface area contributed by atoms with Crippen LogP contribution in [0.1, 0.15) is 60.3 Å². The van der Waals surface area contributed by atoms with Crippen molar-refractivity contribution in [2.45, 2.75) is 60.3 Å². The average molecular weight is 386 g/mol. The molecule has 0 rings (SSSR count). The molecule has 7 nitrogen and oxygen atoms in total. The van der Waals surface area contributed by atoms with Gasteiger partial charge in [-0.3, -0.25) is 14.4 Å². The van der Waals surface area contributed by atoms with Crippen LogP contribution in [0.15, 0.2) is 0 Å². The zero-order chi connectivity index (χ0) is 21.0. The molecule has 0 aromatic heterocycles. The van der Waals surface area contributed by atoms with E-state index in [4.69, 9.17) is 5.73 Å². The van der Waals surface area contributed by atoms with Gasteiger partial charge in [0.25, 0.3) is 0 Å². The fraction of sp³-hybridized carbons (Fsp3) is 0.850. The minimum Gasteiger partial charge on any atom is -0.481 e. The first-order chi connectivity index (χ1) is 12.6. The minimum atomic E-state index is -0.814. The fourth-order valence-corrected chi connectivity index (χ4v) is 3.08. The van der Waals surface area contributed by atoms with Crippen molar-refractivity contribution in [2.75, 3.05) is 19.6 Å². The molecule has 0 aliphatic heterocycles. The van der Waals surface area contributed by atoms with Crippen molar-refractivity contribution in [3.8, 4) is 0 Å². The Kier molecular flexibility index (Phi) is 12.7. The van der Waals surface area contributed by atoms with Crippen LogP contribution in [0.25, 0.3) is 0 Å². The Bertz CT molecular complexity index is 466. The minimum absolute atomic E-state index is 0.0129. The van der Waals surface area contributed by atoms with E-state index in [0.29, 0.717) is 51.2 Å². The van der Waals surface area contributed by atoms with E-state index in [1.807, 2.05) is 34.6 Å². The van der Waals surface area contributed by atoms with Gasteiger partial charge in [0.15, 0.2) is 0 Å². The fourth-order valence-electron chi connectivity index (χ4n) is 3.08. The Morgan fingerprint density at radius 1 is 0.889 bits per heavy atom. The van der Waals surface area contributed by atoms with Crippen LogP contribution in [-0.4, -0.2) is 42.5 Å². The highest BCUT2D eigenvalue weighted by atomic mass is 16.4. The van der Waals surface area contributed by atoms with Crippen molar-refractivity contribution in [3.63, 3.8) is 0 Å². The van der Waals surface area contributed by atoms with Gasteiger partial charge < -0.3 is 21.5 Å². The predicted octanol–water partition coefficient (Wildman–Crippen LogP) is 2.00. The van der Waals surface area contributed by atoms with E-state index in [2.05, 4.69) is 10.6 Å². The first-order valence-corrected chi connectivity index (χ1v) is 10.1. The number of carboxylic acid groups (broad SMARTS) is 1. The van der Waals surface area contributed by atoms with Crippen molar-refractivity contribution in [1.29, 1.82) is 0 Å². The van der Waals surface area contributed by atoms with E-state index < -0.39 is 11.9 Å². The molecule has 0 bridgehead atoms. The van der Waals surface area contributed by atoms with Crippen LogP contribution in [0.5, 0.6) is 0 Å². The van der Waals surface area contributed by atoms with Gasteiger partial charge in [0.2, 0.25) is 11.8 Å². The van der Waals surface area contributed by atoms with E-state index >= 15 is 0 Å². The number of hydrogen-bond donors (Lipinski definition) is 4. The second-order valence-corrected chi connectivity index (χ2v) is 8.15. The number of aliphatic carboxylic acids is 1. The van der Waals surface area contributed by atoms with Crippen LogP contribution in [-0.2, 0) is 14.4 Å². The van der Waals surface area contributed by atoms with Crippen molar-refractivity contribution in [2.24, 2.45) is 35.3 Å². The predicted molar refractivity (Wildman–Crippen MR) is 107 cm³/mol. The first-order valence-electron chi connectivity index (χ1n) is 10.1. The van der Waals surface area contributed by atoms with Gasteiger partial charge in [-0.25, -0.2) is 0 Å². The monoisotopic (exact) mass is 385 g/mol. The van der Waals surface area contributed by atoms with Gasteiger partial charge in [-0.05, 0) is 44.1 Å². The standard InChI is InChI=1S/C20H39N3O4/c1-13(2)12-16(20(26)27)8-11-22-18(24)15(5)7-10-23-19(25)17(6-9-21)14(3)4/h13-17H,6-12,21H2,1-5H3,(H,22,24)(H,23,25)(H,26,27)/t15-,16+,17+/m1/s1. The molecule has 0 saturated carbocycles. The van der Waals surface area contributed by atoms with E-state index in [9.17, 15) is 19.5 Å². The van der Waals surface area contributed by atoms with E-state index in [0.717, 1.165) is 0 Å². The third-order valence-corrected chi connectivity index (χ3v) is 4.84. The number of carboxylic acids is 1. The van der Waals surface area contributed by atoms with Crippen LogP contribution >= 0.6 is 0 Å². The highest BCUT2D eigenvalue weighted by molar-refractivity contribution is 5.80. The molecule has 0 saturated heterocycles. The van der Waals surface area contributed by atoms with Gasteiger partial charge in [0.05, 0.1) is 5.92 Å². The van der Waals surface area contributed by atoms with Gasteiger partial charge in [-0.1, -0.05) is 34.6 Å². The SMILES string of the molecule is CC(C)C[C@H](CCNC(=O)[C@H](C)CCNC(=O)[C@@H](CCN)C(C)C)C(=O)O.